The van der Waals surface area contributed by atoms with E-state index in [-0.39, 0.29) is 6.42 Å². The van der Waals surface area contributed by atoms with Crippen molar-refractivity contribution in [3.05, 3.63) is 41.2 Å². The topological polar surface area (TPSA) is 61.1 Å². The smallest absolute Gasteiger partial charge is 0.307 e. The van der Waals surface area contributed by atoms with Crippen LogP contribution < -0.4 is 0 Å². The Morgan fingerprint density at radius 2 is 2.33 bits per heavy atom. The van der Waals surface area contributed by atoms with Crippen molar-refractivity contribution in [2.45, 2.75) is 6.42 Å². The van der Waals surface area contributed by atoms with Gasteiger partial charge in [0.05, 0.1) is 18.1 Å². The van der Waals surface area contributed by atoms with Crippen LogP contribution in [0.25, 0.3) is 6.08 Å². The van der Waals surface area contributed by atoms with Crippen molar-refractivity contribution in [2.24, 2.45) is 0 Å². The van der Waals surface area contributed by atoms with E-state index in [4.69, 9.17) is 10.4 Å². The Balaban J connectivity index is 2.93. The van der Waals surface area contributed by atoms with Gasteiger partial charge in [0.1, 0.15) is 5.82 Å². The summed E-state index contributed by atoms with van der Waals surface area (Å²) in [6.45, 7) is 0. The number of carboxylic acid groups (broad SMARTS) is 1. The monoisotopic (exact) mass is 205 g/mol. The van der Waals surface area contributed by atoms with Crippen LogP contribution in [-0.4, -0.2) is 11.1 Å². The van der Waals surface area contributed by atoms with E-state index in [1.165, 1.54) is 30.4 Å². The maximum absolute atomic E-state index is 12.8. The second kappa shape index (κ2) is 4.91. The third-order valence-corrected chi connectivity index (χ3v) is 1.72. The standard InChI is InChI=1S/C11H8FNO2/c12-10-5-4-9(7-13)8(6-10)2-1-3-11(14)15/h1-2,4-6H,3H2,(H,14,15). The Morgan fingerprint density at radius 3 is 2.93 bits per heavy atom. The van der Waals surface area contributed by atoms with Gasteiger partial charge in [-0.2, -0.15) is 5.26 Å². The molecule has 0 saturated carbocycles. The SMILES string of the molecule is N#Cc1ccc(F)cc1C=CCC(=O)O. The van der Waals surface area contributed by atoms with Gasteiger partial charge in [-0.3, -0.25) is 4.79 Å². The van der Waals surface area contributed by atoms with E-state index in [1.807, 2.05) is 6.07 Å². The molecule has 0 saturated heterocycles. The molecular formula is C11H8FNO2. The average molecular weight is 205 g/mol. The van der Waals surface area contributed by atoms with Crippen LogP contribution in [0, 0.1) is 17.1 Å². The molecule has 0 amide bonds. The van der Waals surface area contributed by atoms with Gasteiger partial charge in [-0.05, 0) is 23.8 Å². The van der Waals surface area contributed by atoms with E-state index < -0.39 is 11.8 Å². The van der Waals surface area contributed by atoms with Crippen LogP contribution in [0.4, 0.5) is 4.39 Å². The van der Waals surface area contributed by atoms with Crippen LogP contribution in [0.5, 0.6) is 0 Å². The first-order chi connectivity index (χ1) is 7.13. The largest absolute Gasteiger partial charge is 0.481 e. The van der Waals surface area contributed by atoms with E-state index in [0.717, 1.165) is 0 Å². The van der Waals surface area contributed by atoms with Gasteiger partial charge in [0.2, 0.25) is 0 Å². The second-order valence-corrected chi connectivity index (χ2v) is 2.84. The number of hydrogen-bond donors (Lipinski definition) is 1. The van der Waals surface area contributed by atoms with E-state index in [2.05, 4.69) is 0 Å². The number of hydrogen-bond acceptors (Lipinski definition) is 2. The van der Waals surface area contributed by atoms with Crippen molar-refractivity contribution in [3.8, 4) is 6.07 Å². The van der Waals surface area contributed by atoms with Crippen molar-refractivity contribution < 1.29 is 14.3 Å². The van der Waals surface area contributed by atoms with Gasteiger partial charge >= 0.3 is 5.97 Å². The zero-order chi connectivity index (χ0) is 11.3. The summed E-state index contributed by atoms with van der Waals surface area (Å²) in [6, 6.07) is 5.63. The molecule has 1 N–H and O–H groups in total. The number of aliphatic carboxylic acids is 1. The highest BCUT2D eigenvalue weighted by molar-refractivity contribution is 5.71. The molecular weight excluding hydrogens is 197 g/mol. The molecule has 1 aromatic carbocycles. The second-order valence-electron chi connectivity index (χ2n) is 2.84. The average Bonchev–Trinajstić information content (AvgIpc) is 2.17. The molecule has 0 aromatic heterocycles. The summed E-state index contributed by atoms with van der Waals surface area (Å²) in [4.78, 5) is 10.2. The summed E-state index contributed by atoms with van der Waals surface area (Å²) in [6.07, 6.45) is 2.65. The van der Waals surface area contributed by atoms with E-state index >= 15 is 0 Å². The summed E-state index contributed by atoms with van der Waals surface area (Å²) in [5, 5.41) is 17.1. The molecule has 0 heterocycles. The fraction of sp³-hybridized carbons (Fsp3) is 0.0909. The minimum Gasteiger partial charge on any atom is -0.481 e. The molecule has 4 heteroatoms. The molecule has 1 rings (SSSR count). The summed E-state index contributed by atoms with van der Waals surface area (Å²) < 4.78 is 12.8. The molecule has 0 bridgehead atoms. The third-order valence-electron chi connectivity index (χ3n) is 1.72. The maximum Gasteiger partial charge on any atom is 0.307 e. The van der Waals surface area contributed by atoms with Gasteiger partial charge in [-0.1, -0.05) is 12.2 Å². The van der Waals surface area contributed by atoms with Gasteiger partial charge in [0, 0.05) is 0 Å². The lowest BCUT2D eigenvalue weighted by Gasteiger charge is -1.97. The van der Waals surface area contributed by atoms with Crippen LogP contribution in [0.3, 0.4) is 0 Å². The van der Waals surface area contributed by atoms with Gasteiger partial charge in [-0.25, -0.2) is 4.39 Å². The molecule has 15 heavy (non-hydrogen) atoms. The number of nitriles is 1. The molecule has 0 aliphatic heterocycles. The minimum absolute atomic E-state index is 0.151. The zero-order valence-corrected chi connectivity index (χ0v) is 7.77. The molecule has 76 valence electrons. The highest BCUT2D eigenvalue weighted by Gasteiger charge is 2.00. The molecule has 0 spiro atoms. The van der Waals surface area contributed by atoms with Crippen LogP contribution in [-0.2, 0) is 4.79 Å². The predicted octanol–water partition coefficient (Wildman–Crippen LogP) is 2.19. The fourth-order valence-electron chi connectivity index (χ4n) is 1.06. The summed E-state index contributed by atoms with van der Waals surface area (Å²) >= 11 is 0. The highest BCUT2D eigenvalue weighted by atomic mass is 19.1. The Kier molecular flexibility index (Phi) is 3.58. The Morgan fingerprint density at radius 1 is 1.60 bits per heavy atom. The Hall–Kier alpha value is -2.15. The quantitative estimate of drug-likeness (QED) is 0.822. The Bertz CT molecular complexity index is 446. The predicted molar refractivity (Wildman–Crippen MR) is 52.4 cm³/mol. The van der Waals surface area contributed by atoms with Crippen molar-refractivity contribution in [2.75, 3.05) is 0 Å². The first kappa shape index (κ1) is 10.9. The molecule has 0 aliphatic rings. The van der Waals surface area contributed by atoms with E-state index in [9.17, 15) is 9.18 Å². The van der Waals surface area contributed by atoms with Gasteiger partial charge in [-0.15, -0.1) is 0 Å². The van der Waals surface area contributed by atoms with E-state index in [0.29, 0.717) is 11.1 Å². The summed E-state index contributed by atoms with van der Waals surface area (Å²) in [5.74, 6) is -1.43. The number of rotatable bonds is 3. The van der Waals surface area contributed by atoms with E-state index in [1.54, 1.807) is 0 Å². The fourth-order valence-corrected chi connectivity index (χ4v) is 1.06. The minimum atomic E-state index is -0.971. The molecule has 0 aliphatic carbocycles. The summed E-state index contributed by atoms with van der Waals surface area (Å²) in [7, 11) is 0. The number of carboxylic acids is 1. The van der Waals surface area contributed by atoms with Gasteiger partial charge < -0.3 is 5.11 Å². The molecule has 0 radical (unpaired) electrons. The van der Waals surface area contributed by atoms with Crippen LogP contribution in [0.15, 0.2) is 24.3 Å². The van der Waals surface area contributed by atoms with Crippen molar-refractivity contribution >= 4 is 12.0 Å². The normalized spacial score (nSPS) is 10.1. The molecule has 0 unspecified atom stereocenters. The first-order valence-corrected chi connectivity index (χ1v) is 4.21. The van der Waals surface area contributed by atoms with Crippen molar-refractivity contribution in [3.63, 3.8) is 0 Å². The number of benzene rings is 1. The molecule has 0 fully saturated rings. The molecule has 1 aromatic rings. The number of carbonyl (C=O) groups is 1. The van der Waals surface area contributed by atoms with Gasteiger partial charge in [0.25, 0.3) is 0 Å². The number of nitrogens with zero attached hydrogens (tertiary/aromatic N) is 1. The maximum atomic E-state index is 12.8. The lowest BCUT2D eigenvalue weighted by Crippen LogP contribution is -1.90. The van der Waals surface area contributed by atoms with Crippen LogP contribution in [0.2, 0.25) is 0 Å². The molecule has 0 atom stereocenters. The van der Waals surface area contributed by atoms with Crippen LogP contribution in [0.1, 0.15) is 17.5 Å². The van der Waals surface area contributed by atoms with Gasteiger partial charge in [0.15, 0.2) is 0 Å². The Labute approximate surface area is 86.1 Å². The lowest BCUT2D eigenvalue weighted by molar-refractivity contribution is -0.135. The first-order valence-electron chi connectivity index (χ1n) is 4.21. The zero-order valence-electron chi connectivity index (χ0n) is 7.77. The molecule has 3 nitrogen and oxygen atoms in total. The van der Waals surface area contributed by atoms with Crippen molar-refractivity contribution in [1.29, 1.82) is 5.26 Å². The summed E-state index contributed by atoms with van der Waals surface area (Å²) in [5.41, 5.74) is 0.705. The lowest BCUT2D eigenvalue weighted by atomic mass is 10.1. The van der Waals surface area contributed by atoms with Crippen molar-refractivity contribution in [1.82, 2.24) is 0 Å². The third kappa shape index (κ3) is 3.24. The highest BCUT2D eigenvalue weighted by Crippen LogP contribution is 2.12. The van der Waals surface area contributed by atoms with Crippen LogP contribution >= 0.6 is 0 Å². The number of halogens is 1.